The van der Waals surface area contributed by atoms with Crippen LogP contribution in [0.1, 0.15) is 51.3 Å². The molecule has 2 heterocycles. The number of thioether (sulfide) groups is 1. The van der Waals surface area contributed by atoms with Gasteiger partial charge in [-0.05, 0) is 12.5 Å². The number of aromatic nitrogens is 3. The monoisotopic (exact) mass is 434 g/mol. The van der Waals surface area contributed by atoms with E-state index >= 15 is 0 Å². The Balaban J connectivity index is 1.73. The molecule has 0 saturated carbocycles. The van der Waals surface area contributed by atoms with E-state index < -0.39 is 6.23 Å². The predicted molar refractivity (Wildman–Crippen MR) is 123 cm³/mol. The minimum absolute atomic E-state index is 0.118. The third kappa shape index (κ3) is 4.71. The molecule has 1 aliphatic heterocycles. The fourth-order valence-corrected chi connectivity index (χ4v) is 4.42. The van der Waals surface area contributed by atoms with Gasteiger partial charge in [0.1, 0.15) is 0 Å². The van der Waals surface area contributed by atoms with Crippen LogP contribution in [-0.4, -0.2) is 26.8 Å². The highest BCUT2D eigenvalue weighted by molar-refractivity contribution is 7.99. The van der Waals surface area contributed by atoms with E-state index in [1.165, 1.54) is 19.3 Å². The van der Waals surface area contributed by atoms with Crippen LogP contribution in [0, 0.1) is 0 Å². The summed E-state index contributed by atoms with van der Waals surface area (Å²) in [5, 5.41) is 9.39. The molecule has 1 amide bonds. The summed E-state index contributed by atoms with van der Waals surface area (Å²) in [5.41, 5.74) is 2.94. The van der Waals surface area contributed by atoms with E-state index in [-0.39, 0.29) is 5.91 Å². The van der Waals surface area contributed by atoms with Crippen LogP contribution in [0.2, 0.25) is 0 Å². The topological polar surface area (TPSA) is 68.2 Å². The van der Waals surface area contributed by atoms with Gasteiger partial charge in [-0.25, -0.2) is 0 Å². The van der Waals surface area contributed by atoms with E-state index in [1.54, 1.807) is 23.6 Å². The minimum atomic E-state index is -0.639. The Bertz CT molecular complexity index is 1040. The second-order valence-electron chi connectivity index (χ2n) is 7.44. The fourth-order valence-electron chi connectivity index (χ4n) is 3.64. The number of anilines is 1. The summed E-state index contributed by atoms with van der Waals surface area (Å²) in [6.45, 7) is 3.75. The summed E-state index contributed by atoms with van der Waals surface area (Å²) >= 11 is 1.59. The molecule has 0 spiro atoms. The maximum absolute atomic E-state index is 12.7. The second kappa shape index (κ2) is 9.92. The fraction of sp³-hybridized carbons (Fsp3) is 0.333. The van der Waals surface area contributed by atoms with Gasteiger partial charge < -0.3 is 4.74 Å². The van der Waals surface area contributed by atoms with Crippen LogP contribution in [0.5, 0.6) is 5.88 Å². The molecule has 0 bridgehead atoms. The quantitative estimate of drug-likeness (QED) is 0.353. The number of rotatable bonds is 7. The van der Waals surface area contributed by atoms with E-state index in [4.69, 9.17) is 4.74 Å². The van der Waals surface area contributed by atoms with Crippen molar-refractivity contribution in [2.45, 2.75) is 50.9 Å². The molecule has 0 N–H and O–H groups in total. The van der Waals surface area contributed by atoms with Crippen molar-refractivity contribution in [1.82, 2.24) is 15.2 Å². The lowest BCUT2D eigenvalue weighted by Crippen LogP contribution is -2.36. The SMILES string of the molecule is CCCCCCSc1nnc2c(n1)OC(c1ccccc1)N(C(C)=O)c1ccccc1-2. The Morgan fingerprint density at radius 3 is 2.58 bits per heavy atom. The number of unbranched alkanes of at least 4 members (excludes halogenated alkanes) is 3. The minimum Gasteiger partial charge on any atom is -0.447 e. The Labute approximate surface area is 187 Å². The molecule has 6 nitrogen and oxygen atoms in total. The maximum atomic E-state index is 12.7. The highest BCUT2D eigenvalue weighted by atomic mass is 32.2. The molecule has 160 valence electrons. The first-order chi connectivity index (χ1) is 15.2. The van der Waals surface area contributed by atoms with Gasteiger partial charge in [0.2, 0.25) is 23.2 Å². The van der Waals surface area contributed by atoms with Crippen LogP contribution in [0.15, 0.2) is 59.8 Å². The molecular formula is C24H26N4O2S. The van der Waals surface area contributed by atoms with Gasteiger partial charge in [-0.1, -0.05) is 86.5 Å². The largest absolute Gasteiger partial charge is 0.447 e. The number of para-hydroxylation sites is 1. The average Bonchev–Trinajstić information content (AvgIpc) is 2.94. The number of hydrogen-bond donors (Lipinski definition) is 0. The van der Waals surface area contributed by atoms with E-state index in [0.29, 0.717) is 16.7 Å². The van der Waals surface area contributed by atoms with Crippen molar-refractivity contribution in [3.05, 3.63) is 60.2 Å². The van der Waals surface area contributed by atoms with Crippen molar-refractivity contribution in [2.24, 2.45) is 0 Å². The number of fused-ring (bicyclic) bond motifs is 3. The lowest BCUT2D eigenvalue weighted by molar-refractivity contribution is -0.118. The molecule has 3 aromatic rings. The third-order valence-electron chi connectivity index (χ3n) is 5.16. The standard InChI is InChI=1S/C24H26N4O2S/c1-3-4-5-11-16-31-24-25-22-21(26-27-24)19-14-9-10-15-20(19)28(17(2)29)23(30-22)18-12-7-6-8-13-18/h6-10,12-15,23H,3-5,11,16H2,1-2H3. The van der Waals surface area contributed by atoms with Gasteiger partial charge in [0.15, 0.2) is 5.69 Å². The van der Waals surface area contributed by atoms with Gasteiger partial charge in [-0.2, -0.15) is 4.98 Å². The molecule has 0 radical (unpaired) electrons. The van der Waals surface area contributed by atoms with Crippen molar-refractivity contribution < 1.29 is 9.53 Å². The average molecular weight is 435 g/mol. The molecule has 0 fully saturated rings. The zero-order valence-corrected chi connectivity index (χ0v) is 18.6. The highest BCUT2D eigenvalue weighted by Gasteiger charge is 2.34. The summed E-state index contributed by atoms with van der Waals surface area (Å²) in [4.78, 5) is 19.1. The number of ether oxygens (including phenoxy) is 1. The Kier molecular flexibility index (Phi) is 6.82. The summed E-state index contributed by atoms with van der Waals surface area (Å²) in [5.74, 6) is 1.22. The van der Waals surface area contributed by atoms with E-state index in [0.717, 1.165) is 29.0 Å². The maximum Gasteiger partial charge on any atom is 0.247 e. The van der Waals surface area contributed by atoms with Gasteiger partial charge in [0, 0.05) is 23.8 Å². The lowest BCUT2D eigenvalue weighted by Gasteiger charge is -2.29. The molecule has 1 aliphatic rings. The molecule has 7 heteroatoms. The van der Waals surface area contributed by atoms with Crippen LogP contribution in [0.4, 0.5) is 5.69 Å². The molecule has 4 rings (SSSR count). The summed E-state index contributed by atoms with van der Waals surface area (Å²) in [7, 11) is 0. The van der Waals surface area contributed by atoms with E-state index in [9.17, 15) is 4.79 Å². The van der Waals surface area contributed by atoms with Crippen molar-refractivity contribution >= 4 is 23.4 Å². The Morgan fingerprint density at radius 2 is 1.81 bits per heavy atom. The zero-order valence-electron chi connectivity index (χ0n) is 17.8. The van der Waals surface area contributed by atoms with Gasteiger partial charge in [-0.15, -0.1) is 10.2 Å². The summed E-state index contributed by atoms with van der Waals surface area (Å²) in [6.07, 6.45) is 4.13. The number of carbonyl (C=O) groups excluding carboxylic acids is 1. The number of nitrogens with zero attached hydrogens (tertiary/aromatic N) is 4. The lowest BCUT2D eigenvalue weighted by atomic mass is 10.1. The van der Waals surface area contributed by atoms with Gasteiger partial charge in [0.05, 0.1) is 5.69 Å². The van der Waals surface area contributed by atoms with Gasteiger partial charge >= 0.3 is 0 Å². The first-order valence-electron chi connectivity index (χ1n) is 10.7. The van der Waals surface area contributed by atoms with Crippen molar-refractivity contribution in [3.8, 4) is 17.1 Å². The smallest absolute Gasteiger partial charge is 0.247 e. The summed E-state index contributed by atoms with van der Waals surface area (Å²) in [6, 6.07) is 17.4. The van der Waals surface area contributed by atoms with Crippen LogP contribution in [0.25, 0.3) is 11.3 Å². The van der Waals surface area contributed by atoms with E-state index in [2.05, 4.69) is 22.1 Å². The normalized spacial score (nSPS) is 14.9. The second-order valence-corrected chi connectivity index (χ2v) is 8.51. The molecule has 31 heavy (non-hydrogen) atoms. The van der Waals surface area contributed by atoms with Crippen LogP contribution in [-0.2, 0) is 4.79 Å². The van der Waals surface area contributed by atoms with Crippen LogP contribution in [0.3, 0.4) is 0 Å². The highest BCUT2D eigenvalue weighted by Crippen LogP contribution is 2.43. The van der Waals surface area contributed by atoms with Crippen molar-refractivity contribution in [2.75, 3.05) is 10.7 Å². The number of hydrogen-bond acceptors (Lipinski definition) is 6. The number of benzene rings is 2. The first kappa shape index (κ1) is 21.3. The first-order valence-corrected chi connectivity index (χ1v) is 11.7. The predicted octanol–water partition coefficient (Wildman–Crippen LogP) is 5.66. The molecule has 0 saturated heterocycles. The molecule has 1 aromatic heterocycles. The number of carbonyl (C=O) groups is 1. The molecular weight excluding hydrogens is 408 g/mol. The Morgan fingerprint density at radius 1 is 1.03 bits per heavy atom. The molecule has 0 aliphatic carbocycles. The van der Waals surface area contributed by atoms with Crippen LogP contribution < -0.4 is 9.64 Å². The number of amides is 1. The van der Waals surface area contributed by atoms with Gasteiger partial charge in [0.25, 0.3) is 0 Å². The molecule has 1 atom stereocenters. The van der Waals surface area contributed by atoms with Gasteiger partial charge in [-0.3, -0.25) is 9.69 Å². The van der Waals surface area contributed by atoms with Crippen molar-refractivity contribution in [3.63, 3.8) is 0 Å². The molecule has 2 aromatic carbocycles. The summed E-state index contributed by atoms with van der Waals surface area (Å²) < 4.78 is 6.36. The van der Waals surface area contributed by atoms with E-state index in [1.807, 2.05) is 54.6 Å². The van der Waals surface area contributed by atoms with Crippen molar-refractivity contribution in [1.29, 1.82) is 0 Å². The molecule has 1 unspecified atom stereocenters. The Hall–Kier alpha value is -2.93. The zero-order chi connectivity index (χ0) is 21.6. The van der Waals surface area contributed by atoms with Crippen LogP contribution >= 0.6 is 11.8 Å². The third-order valence-corrected chi connectivity index (χ3v) is 6.09.